The summed E-state index contributed by atoms with van der Waals surface area (Å²) in [7, 11) is 0. The second-order valence-electron chi connectivity index (χ2n) is 5.28. The summed E-state index contributed by atoms with van der Waals surface area (Å²) in [5.41, 5.74) is 0.546. The average Bonchev–Trinajstić information content (AvgIpc) is 3.11. The molecule has 0 spiro atoms. The highest BCUT2D eigenvalue weighted by Crippen LogP contribution is 2.34. The van der Waals surface area contributed by atoms with Crippen LogP contribution in [0.1, 0.15) is 49.9 Å². The zero-order valence-electron chi connectivity index (χ0n) is 14.4. The smallest absolute Gasteiger partial charge is 0.341 e. The molecule has 2 rings (SSSR count). The predicted molar refractivity (Wildman–Crippen MR) is 92.8 cm³/mol. The fraction of sp³-hybridized carbons (Fsp3) is 0.312. The van der Waals surface area contributed by atoms with Gasteiger partial charge in [-0.05, 0) is 32.4 Å². The Morgan fingerprint density at radius 2 is 2.04 bits per heavy atom. The number of carbonyl (C=O) groups excluding carboxylic acids is 3. The number of esters is 1. The van der Waals surface area contributed by atoms with Crippen molar-refractivity contribution in [2.45, 2.75) is 27.3 Å². The molecule has 0 aliphatic carbocycles. The van der Waals surface area contributed by atoms with Gasteiger partial charge in [-0.15, -0.1) is 11.3 Å². The van der Waals surface area contributed by atoms with Crippen molar-refractivity contribution in [3.8, 4) is 0 Å². The Labute approximate surface area is 152 Å². The van der Waals surface area contributed by atoms with E-state index < -0.39 is 17.8 Å². The van der Waals surface area contributed by atoms with Crippen LogP contribution >= 0.6 is 11.3 Å². The highest BCUT2D eigenvalue weighted by molar-refractivity contribution is 7.18. The summed E-state index contributed by atoms with van der Waals surface area (Å²) in [5.74, 6) is -2.59. The van der Waals surface area contributed by atoms with Gasteiger partial charge >= 0.3 is 11.9 Å². The lowest BCUT2D eigenvalue weighted by Crippen LogP contribution is -2.16. The van der Waals surface area contributed by atoms with E-state index in [2.05, 4.69) is 10.4 Å². The normalized spacial score (nSPS) is 10.4. The summed E-state index contributed by atoms with van der Waals surface area (Å²) < 4.78 is 6.10. The number of anilines is 1. The van der Waals surface area contributed by atoms with E-state index in [-0.39, 0.29) is 35.2 Å². The second-order valence-corrected chi connectivity index (χ2v) is 6.30. The van der Waals surface area contributed by atoms with E-state index in [1.54, 1.807) is 13.8 Å². The molecule has 0 bridgehead atoms. The van der Waals surface area contributed by atoms with Crippen LogP contribution < -0.4 is 5.32 Å². The number of ether oxygens (including phenoxy) is 1. The zero-order valence-corrected chi connectivity index (χ0v) is 15.2. The summed E-state index contributed by atoms with van der Waals surface area (Å²) in [4.78, 5) is 47.4. The molecule has 1 amide bonds. The van der Waals surface area contributed by atoms with Gasteiger partial charge in [-0.2, -0.15) is 5.10 Å². The van der Waals surface area contributed by atoms with Crippen LogP contribution in [-0.4, -0.2) is 45.1 Å². The molecule has 0 aliphatic rings. The van der Waals surface area contributed by atoms with Crippen molar-refractivity contribution in [3.05, 3.63) is 34.0 Å². The number of carboxylic acid groups (broad SMARTS) is 1. The van der Waals surface area contributed by atoms with Gasteiger partial charge in [-0.3, -0.25) is 19.1 Å². The van der Waals surface area contributed by atoms with Crippen molar-refractivity contribution >= 4 is 40.0 Å². The predicted octanol–water partition coefficient (Wildman–Crippen LogP) is 1.97. The van der Waals surface area contributed by atoms with Gasteiger partial charge < -0.3 is 15.2 Å². The fourth-order valence-corrected chi connectivity index (χ4v) is 3.35. The summed E-state index contributed by atoms with van der Waals surface area (Å²) in [5, 5.41) is 15.3. The number of thiophene rings is 1. The lowest BCUT2D eigenvalue weighted by Gasteiger charge is -2.06. The van der Waals surface area contributed by atoms with E-state index in [1.807, 2.05) is 0 Å². The van der Waals surface area contributed by atoms with Gasteiger partial charge in [0.2, 0.25) is 0 Å². The van der Waals surface area contributed by atoms with Crippen LogP contribution in [0.5, 0.6) is 0 Å². The first-order valence-electron chi connectivity index (χ1n) is 7.62. The minimum atomic E-state index is -1.09. The Morgan fingerprint density at radius 3 is 2.62 bits per heavy atom. The molecule has 138 valence electrons. The van der Waals surface area contributed by atoms with Crippen molar-refractivity contribution in [2.24, 2.45) is 0 Å². The number of aliphatic carboxylic acids is 1. The highest BCUT2D eigenvalue weighted by atomic mass is 32.1. The van der Waals surface area contributed by atoms with Gasteiger partial charge in [0.05, 0.1) is 17.0 Å². The van der Waals surface area contributed by atoms with Gasteiger partial charge in [0, 0.05) is 6.20 Å². The van der Waals surface area contributed by atoms with Crippen molar-refractivity contribution in [3.63, 3.8) is 0 Å². The number of nitrogens with zero attached hydrogens (tertiary/aromatic N) is 2. The van der Waals surface area contributed by atoms with E-state index in [4.69, 9.17) is 9.84 Å². The molecule has 0 aromatic carbocycles. The molecule has 0 radical (unpaired) electrons. The Balaban J connectivity index is 2.32. The first kappa shape index (κ1) is 19.3. The number of hydrogen-bond donors (Lipinski definition) is 2. The maximum Gasteiger partial charge on any atom is 0.341 e. The molecule has 0 saturated heterocycles. The van der Waals surface area contributed by atoms with Crippen LogP contribution in [0.2, 0.25) is 0 Å². The first-order valence-corrected chi connectivity index (χ1v) is 8.44. The topological polar surface area (TPSA) is 128 Å². The highest BCUT2D eigenvalue weighted by Gasteiger charge is 2.26. The molecule has 26 heavy (non-hydrogen) atoms. The monoisotopic (exact) mass is 379 g/mol. The molecule has 0 unspecified atom stereocenters. The minimum Gasteiger partial charge on any atom is -0.480 e. The molecule has 2 aromatic heterocycles. The lowest BCUT2D eigenvalue weighted by molar-refractivity contribution is -0.137. The van der Waals surface area contributed by atoms with E-state index in [1.165, 1.54) is 19.2 Å². The second kappa shape index (κ2) is 7.91. The van der Waals surface area contributed by atoms with E-state index in [0.717, 1.165) is 16.0 Å². The van der Waals surface area contributed by atoms with Gasteiger partial charge in [-0.1, -0.05) is 0 Å². The molecule has 0 atom stereocenters. The maximum absolute atomic E-state index is 12.4. The minimum absolute atomic E-state index is 0.0171. The van der Waals surface area contributed by atoms with E-state index in [9.17, 15) is 19.2 Å². The van der Waals surface area contributed by atoms with Crippen LogP contribution in [0.3, 0.4) is 0 Å². The third kappa shape index (κ3) is 4.14. The molecule has 9 nitrogen and oxygen atoms in total. The van der Waals surface area contributed by atoms with Crippen LogP contribution in [0.4, 0.5) is 5.00 Å². The fourth-order valence-electron chi connectivity index (χ4n) is 2.26. The maximum atomic E-state index is 12.4. The SMILES string of the molecule is CCOC(=O)c1c(NC(=O)c2ccn(CC(=O)O)n2)sc(C(C)=O)c1C. The third-order valence-electron chi connectivity index (χ3n) is 3.34. The average molecular weight is 379 g/mol. The number of aromatic nitrogens is 2. The first-order chi connectivity index (χ1) is 12.2. The van der Waals surface area contributed by atoms with Crippen LogP contribution in [-0.2, 0) is 16.1 Å². The van der Waals surface area contributed by atoms with Gasteiger partial charge in [0.15, 0.2) is 11.5 Å². The standard InChI is InChI=1S/C16H17N3O6S/c1-4-25-16(24)12-8(2)13(9(3)20)26-15(12)17-14(23)10-5-6-19(18-10)7-11(21)22/h5-6H,4,7H2,1-3H3,(H,17,23)(H,21,22). The largest absolute Gasteiger partial charge is 0.480 e. The number of nitrogens with one attached hydrogen (secondary N) is 1. The Hall–Kier alpha value is -3.01. The number of hydrogen-bond acceptors (Lipinski definition) is 7. The van der Waals surface area contributed by atoms with Gasteiger partial charge in [-0.25, -0.2) is 4.79 Å². The quantitative estimate of drug-likeness (QED) is 0.556. The summed E-state index contributed by atoms with van der Waals surface area (Å²) in [6.45, 7) is 4.40. The number of rotatable bonds is 7. The number of amides is 1. The molecule has 0 aliphatic heterocycles. The molecule has 0 fully saturated rings. The lowest BCUT2D eigenvalue weighted by atomic mass is 10.1. The van der Waals surface area contributed by atoms with Crippen LogP contribution in [0, 0.1) is 6.92 Å². The van der Waals surface area contributed by atoms with Crippen molar-refractivity contribution in [1.82, 2.24) is 9.78 Å². The third-order valence-corrected chi connectivity index (χ3v) is 4.65. The van der Waals surface area contributed by atoms with Crippen LogP contribution in [0.25, 0.3) is 0 Å². The van der Waals surface area contributed by atoms with E-state index in [0.29, 0.717) is 10.4 Å². The Bertz CT molecular complexity index is 883. The van der Waals surface area contributed by atoms with Crippen LogP contribution in [0.15, 0.2) is 12.3 Å². The number of ketones is 1. The Morgan fingerprint density at radius 1 is 1.35 bits per heavy atom. The van der Waals surface area contributed by atoms with Gasteiger partial charge in [0.1, 0.15) is 11.5 Å². The molecule has 2 heterocycles. The number of carbonyl (C=O) groups is 4. The van der Waals surface area contributed by atoms with Crippen molar-refractivity contribution < 1.29 is 29.0 Å². The molecule has 2 aromatic rings. The Kier molecular flexibility index (Phi) is 5.88. The van der Waals surface area contributed by atoms with Gasteiger partial charge in [0.25, 0.3) is 5.91 Å². The van der Waals surface area contributed by atoms with Crippen molar-refractivity contribution in [2.75, 3.05) is 11.9 Å². The van der Waals surface area contributed by atoms with E-state index >= 15 is 0 Å². The molecule has 10 heteroatoms. The van der Waals surface area contributed by atoms with Crippen molar-refractivity contribution in [1.29, 1.82) is 0 Å². The summed E-state index contributed by atoms with van der Waals surface area (Å²) >= 11 is 0.978. The summed E-state index contributed by atoms with van der Waals surface area (Å²) in [6.07, 6.45) is 1.36. The molecule has 0 saturated carbocycles. The number of carboxylic acids is 1. The molecular weight excluding hydrogens is 362 g/mol. The molecular formula is C16H17N3O6S. The summed E-state index contributed by atoms with van der Waals surface area (Å²) in [6, 6.07) is 1.36. The molecule has 2 N–H and O–H groups in total. The zero-order chi connectivity index (χ0) is 19.4. The number of Topliss-reactive ketones (excluding diaryl/α,β-unsaturated/α-hetero) is 1.